The van der Waals surface area contributed by atoms with Crippen LogP contribution in [-0.2, 0) is 9.53 Å². The minimum atomic E-state index is -0.0605. The summed E-state index contributed by atoms with van der Waals surface area (Å²) in [6.07, 6.45) is 2.01. The third-order valence-corrected chi connectivity index (χ3v) is 2.44. The average molecular weight is 196 g/mol. The molecule has 78 valence electrons. The van der Waals surface area contributed by atoms with E-state index >= 15 is 0 Å². The van der Waals surface area contributed by atoms with Crippen LogP contribution >= 0.6 is 0 Å². The molecule has 0 N–H and O–H groups in total. The molecule has 0 aromatic rings. The fourth-order valence-electron chi connectivity index (χ4n) is 1.76. The Bertz CT molecular complexity index is 235. The molecule has 4 heteroatoms. The van der Waals surface area contributed by atoms with Gasteiger partial charge in [0, 0.05) is 13.2 Å². The normalized spacial score (nSPS) is 20.9. The number of amides is 1. The molecule has 0 bridgehead atoms. The molecule has 0 aliphatic carbocycles. The van der Waals surface area contributed by atoms with Crippen LogP contribution in [0.5, 0.6) is 0 Å². The van der Waals surface area contributed by atoms with Gasteiger partial charge in [-0.05, 0) is 19.8 Å². The van der Waals surface area contributed by atoms with Gasteiger partial charge in [0.15, 0.2) is 0 Å². The summed E-state index contributed by atoms with van der Waals surface area (Å²) in [6.45, 7) is 4.00. The summed E-state index contributed by atoms with van der Waals surface area (Å²) in [6, 6.07) is 2.08. The first-order chi connectivity index (χ1) is 6.79. The lowest BCUT2D eigenvalue weighted by molar-refractivity contribution is -0.132. The van der Waals surface area contributed by atoms with Crippen molar-refractivity contribution in [1.29, 1.82) is 5.26 Å². The Balaban J connectivity index is 2.42. The molecule has 14 heavy (non-hydrogen) atoms. The van der Waals surface area contributed by atoms with Crippen molar-refractivity contribution < 1.29 is 9.53 Å². The lowest BCUT2D eigenvalue weighted by Crippen LogP contribution is -2.38. The van der Waals surface area contributed by atoms with Gasteiger partial charge in [-0.25, -0.2) is 0 Å². The maximum Gasteiger partial charge on any atom is 0.237 e. The molecular formula is C10H16N2O2. The van der Waals surface area contributed by atoms with E-state index in [1.165, 1.54) is 0 Å². The number of nitriles is 1. The van der Waals surface area contributed by atoms with Gasteiger partial charge in [0.05, 0.1) is 18.7 Å². The molecule has 1 unspecified atom stereocenters. The van der Waals surface area contributed by atoms with Crippen molar-refractivity contribution in [1.82, 2.24) is 4.90 Å². The third kappa shape index (κ3) is 2.71. The Morgan fingerprint density at radius 3 is 3.14 bits per heavy atom. The van der Waals surface area contributed by atoms with Crippen LogP contribution in [0.4, 0.5) is 0 Å². The monoisotopic (exact) mass is 196 g/mol. The van der Waals surface area contributed by atoms with Crippen molar-refractivity contribution in [3.05, 3.63) is 0 Å². The van der Waals surface area contributed by atoms with E-state index in [0.29, 0.717) is 13.2 Å². The second-order valence-corrected chi connectivity index (χ2v) is 3.38. The second kappa shape index (κ2) is 5.61. The van der Waals surface area contributed by atoms with Gasteiger partial charge in [-0.1, -0.05) is 0 Å². The molecule has 1 aliphatic rings. The molecular weight excluding hydrogens is 180 g/mol. The Morgan fingerprint density at radius 1 is 1.71 bits per heavy atom. The Morgan fingerprint density at radius 2 is 2.50 bits per heavy atom. The number of ether oxygens (including phenoxy) is 1. The summed E-state index contributed by atoms with van der Waals surface area (Å²) in [5.41, 5.74) is 0. The summed E-state index contributed by atoms with van der Waals surface area (Å²) in [5.74, 6) is -0.0605. The molecule has 0 radical (unpaired) electrons. The summed E-state index contributed by atoms with van der Waals surface area (Å²) in [5, 5.41) is 8.43. The molecule has 0 spiro atoms. The summed E-state index contributed by atoms with van der Waals surface area (Å²) < 4.78 is 5.30. The molecule has 0 saturated carbocycles. The first kappa shape index (κ1) is 11.0. The quantitative estimate of drug-likeness (QED) is 0.672. The highest BCUT2D eigenvalue weighted by molar-refractivity contribution is 5.78. The smallest absolute Gasteiger partial charge is 0.237 e. The number of hydrogen-bond donors (Lipinski definition) is 0. The summed E-state index contributed by atoms with van der Waals surface area (Å²) in [7, 11) is 0. The van der Waals surface area contributed by atoms with Crippen LogP contribution in [0.15, 0.2) is 0 Å². The standard InChI is InChI=1S/C10H16N2O2/c1-2-14-8-9-4-3-7-12(9)10(13)5-6-11/h9H,2-5,7-8H2,1H3. The van der Waals surface area contributed by atoms with Crippen LogP contribution in [-0.4, -0.2) is 36.6 Å². The van der Waals surface area contributed by atoms with E-state index in [-0.39, 0.29) is 18.4 Å². The van der Waals surface area contributed by atoms with Gasteiger partial charge in [0.25, 0.3) is 0 Å². The van der Waals surface area contributed by atoms with Crippen LogP contribution in [0, 0.1) is 11.3 Å². The highest BCUT2D eigenvalue weighted by atomic mass is 16.5. The predicted molar refractivity (Wildman–Crippen MR) is 51.5 cm³/mol. The maximum absolute atomic E-state index is 11.5. The SMILES string of the molecule is CCOCC1CCCN1C(=O)CC#N. The molecule has 1 aliphatic heterocycles. The average Bonchev–Trinajstić information content (AvgIpc) is 2.63. The lowest BCUT2D eigenvalue weighted by Gasteiger charge is -2.23. The highest BCUT2D eigenvalue weighted by Crippen LogP contribution is 2.18. The Hall–Kier alpha value is -1.08. The molecule has 1 amide bonds. The number of nitrogens with zero attached hydrogens (tertiary/aromatic N) is 2. The van der Waals surface area contributed by atoms with E-state index in [1.54, 1.807) is 4.90 Å². The van der Waals surface area contributed by atoms with E-state index in [2.05, 4.69) is 0 Å². The van der Waals surface area contributed by atoms with Crippen molar-refractivity contribution in [2.75, 3.05) is 19.8 Å². The molecule has 1 atom stereocenters. The van der Waals surface area contributed by atoms with Gasteiger partial charge in [-0.15, -0.1) is 0 Å². The van der Waals surface area contributed by atoms with Crippen LogP contribution in [0.25, 0.3) is 0 Å². The highest BCUT2D eigenvalue weighted by Gasteiger charge is 2.28. The van der Waals surface area contributed by atoms with Crippen molar-refractivity contribution in [2.24, 2.45) is 0 Å². The second-order valence-electron chi connectivity index (χ2n) is 3.38. The van der Waals surface area contributed by atoms with E-state index in [4.69, 9.17) is 10.00 Å². The van der Waals surface area contributed by atoms with Gasteiger partial charge >= 0.3 is 0 Å². The molecule has 1 saturated heterocycles. The van der Waals surface area contributed by atoms with Crippen LogP contribution in [0.2, 0.25) is 0 Å². The number of likely N-dealkylation sites (tertiary alicyclic amines) is 1. The zero-order valence-corrected chi connectivity index (χ0v) is 8.53. The predicted octanol–water partition coefficient (Wildman–Crippen LogP) is 0.928. The molecule has 1 heterocycles. The molecule has 0 aromatic heterocycles. The van der Waals surface area contributed by atoms with Gasteiger partial charge in [0.2, 0.25) is 5.91 Å². The first-order valence-electron chi connectivity index (χ1n) is 5.03. The largest absolute Gasteiger partial charge is 0.380 e. The van der Waals surface area contributed by atoms with Crippen LogP contribution < -0.4 is 0 Å². The van der Waals surface area contributed by atoms with E-state index in [9.17, 15) is 4.79 Å². The molecule has 0 aromatic carbocycles. The summed E-state index contributed by atoms with van der Waals surface area (Å²) >= 11 is 0. The summed E-state index contributed by atoms with van der Waals surface area (Å²) in [4.78, 5) is 13.2. The van der Waals surface area contributed by atoms with E-state index < -0.39 is 0 Å². The minimum Gasteiger partial charge on any atom is -0.380 e. The Kier molecular flexibility index (Phi) is 4.41. The van der Waals surface area contributed by atoms with Gasteiger partial charge in [-0.3, -0.25) is 4.79 Å². The Labute approximate surface area is 84.4 Å². The third-order valence-electron chi connectivity index (χ3n) is 2.44. The van der Waals surface area contributed by atoms with Gasteiger partial charge in [-0.2, -0.15) is 5.26 Å². The maximum atomic E-state index is 11.5. The fourth-order valence-corrected chi connectivity index (χ4v) is 1.76. The number of hydrogen-bond acceptors (Lipinski definition) is 3. The van der Waals surface area contributed by atoms with E-state index in [0.717, 1.165) is 19.4 Å². The molecule has 1 rings (SSSR count). The van der Waals surface area contributed by atoms with Crippen molar-refractivity contribution >= 4 is 5.91 Å². The van der Waals surface area contributed by atoms with Crippen molar-refractivity contribution in [3.8, 4) is 6.07 Å². The zero-order valence-electron chi connectivity index (χ0n) is 8.53. The molecule has 1 fully saturated rings. The number of carbonyl (C=O) groups excluding carboxylic acids is 1. The van der Waals surface area contributed by atoms with Crippen LogP contribution in [0.3, 0.4) is 0 Å². The number of rotatable bonds is 4. The van der Waals surface area contributed by atoms with Crippen LogP contribution in [0.1, 0.15) is 26.2 Å². The van der Waals surface area contributed by atoms with Crippen molar-refractivity contribution in [2.45, 2.75) is 32.2 Å². The number of carbonyl (C=O) groups is 1. The first-order valence-corrected chi connectivity index (χ1v) is 5.03. The lowest BCUT2D eigenvalue weighted by atomic mass is 10.2. The van der Waals surface area contributed by atoms with E-state index in [1.807, 2.05) is 13.0 Å². The van der Waals surface area contributed by atoms with Gasteiger partial charge < -0.3 is 9.64 Å². The van der Waals surface area contributed by atoms with Crippen molar-refractivity contribution in [3.63, 3.8) is 0 Å². The van der Waals surface area contributed by atoms with Gasteiger partial charge in [0.1, 0.15) is 6.42 Å². The topological polar surface area (TPSA) is 53.3 Å². The molecule has 4 nitrogen and oxygen atoms in total. The minimum absolute atomic E-state index is 0.0113. The fraction of sp³-hybridized carbons (Fsp3) is 0.800. The zero-order chi connectivity index (χ0) is 10.4.